The Balaban J connectivity index is 2.14. The van der Waals surface area contributed by atoms with Gasteiger partial charge in [-0.1, -0.05) is 0 Å². The number of ether oxygens (including phenoxy) is 3. The Morgan fingerprint density at radius 1 is 1.14 bits per heavy atom. The molecule has 1 amide bonds. The first-order valence-electron chi connectivity index (χ1n) is 8.18. The lowest BCUT2D eigenvalue weighted by Gasteiger charge is -2.12. The highest BCUT2D eigenvalue weighted by molar-refractivity contribution is 5.98. The van der Waals surface area contributed by atoms with Crippen molar-refractivity contribution < 1.29 is 37.5 Å². The lowest BCUT2D eigenvalue weighted by atomic mass is 10.1. The van der Waals surface area contributed by atoms with Crippen molar-refractivity contribution in [1.82, 2.24) is 0 Å². The zero-order valence-corrected chi connectivity index (χ0v) is 15.4. The molecule has 0 bridgehead atoms. The third kappa shape index (κ3) is 5.37. The summed E-state index contributed by atoms with van der Waals surface area (Å²) in [5.74, 6) is -4.14. The van der Waals surface area contributed by atoms with Gasteiger partial charge < -0.3 is 19.5 Å². The van der Waals surface area contributed by atoms with E-state index < -0.39 is 46.3 Å². The summed E-state index contributed by atoms with van der Waals surface area (Å²) in [5, 5.41) is 13.5. The molecule has 1 N–H and O–H groups in total. The normalized spacial score (nSPS) is 10.2. The molecular formula is C18H16F2N2O7. The van der Waals surface area contributed by atoms with Crippen molar-refractivity contribution in [3.05, 3.63) is 57.6 Å². The van der Waals surface area contributed by atoms with Crippen LogP contribution in [0.1, 0.15) is 17.3 Å². The van der Waals surface area contributed by atoms with Gasteiger partial charge in [-0.25, -0.2) is 13.6 Å². The minimum Gasteiger partial charge on any atom is -0.493 e. The SMILES string of the molecule is CCOc1cc(C(=O)OCC(=O)Nc2ccc(F)c(F)c2)c([N+](=O)[O-])cc1OC. The molecule has 2 aromatic carbocycles. The van der Waals surface area contributed by atoms with Crippen LogP contribution in [0.25, 0.3) is 0 Å². The van der Waals surface area contributed by atoms with Gasteiger partial charge in [-0.05, 0) is 19.1 Å². The Hall–Kier alpha value is -3.76. The minimum atomic E-state index is -1.17. The minimum absolute atomic E-state index is 0.0474. The monoisotopic (exact) mass is 410 g/mol. The van der Waals surface area contributed by atoms with E-state index in [0.29, 0.717) is 0 Å². The molecule has 29 heavy (non-hydrogen) atoms. The Morgan fingerprint density at radius 2 is 1.86 bits per heavy atom. The van der Waals surface area contributed by atoms with Gasteiger partial charge in [-0.2, -0.15) is 0 Å². The van der Waals surface area contributed by atoms with E-state index in [1.807, 2.05) is 0 Å². The van der Waals surface area contributed by atoms with E-state index >= 15 is 0 Å². The molecule has 0 atom stereocenters. The predicted octanol–water partition coefficient (Wildman–Crippen LogP) is 3.08. The third-order valence-corrected chi connectivity index (χ3v) is 3.54. The van der Waals surface area contributed by atoms with E-state index in [2.05, 4.69) is 5.32 Å². The molecule has 11 heteroatoms. The molecule has 0 aromatic heterocycles. The predicted molar refractivity (Wildman–Crippen MR) is 96.1 cm³/mol. The van der Waals surface area contributed by atoms with Crippen LogP contribution in [0, 0.1) is 21.7 Å². The molecule has 0 aliphatic heterocycles. The number of nitrogens with zero attached hydrogens (tertiary/aromatic N) is 1. The third-order valence-electron chi connectivity index (χ3n) is 3.54. The number of anilines is 1. The molecule has 0 saturated carbocycles. The van der Waals surface area contributed by atoms with Crippen LogP contribution in [0.4, 0.5) is 20.2 Å². The molecule has 2 aromatic rings. The van der Waals surface area contributed by atoms with Gasteiger partial charge in [0.2, 0.25) is 0 Å². The van der Waals surface area contributed by atoms with Crippen molar-refractivity contribution in [2.24, 2.45) is 0 Å². The van der Waals surface area contributed by atoms with Gasteiger partial charge in [0.25, 0.3) is 11.6 Å². The number of hydrogen-bond acceptors (Lipinski definition) is 7. The first-order chi connectivity index (χ1) is 13.8. The van der Waals surface area contributed by atoms with Gasteiger partial charge in [0.1, 0.15) is 5.56 Å². The standard InChI is InChI=1S/C18H16F2N2O7/c1-3-28-16-7-11(14(22(25)26)8-15(16)27-2)18(24)29-9-17(23)21-10-4-5-12(19)13(20)6-10/h4-8H,3,9H2,1-2H3,(H,21,23). The van der Waals surface area contributed by atoms with Crippen molar-refractivity contribution >= 4 is 23.3 Å². The molecule has 0 saturated heterocycles. The van der Waals surface area contributed by atoms with Gasteiger partial charge >= 0.3 is 5.97 Å². The van der Waals surface area contributed by atoms with Crippen molar-refractivity contribution in [1.29, 1.82) is 0 Å². The number of benzene rings is 2. The quantitative estimate of drug-likeness (QED) is 0.404. The van der Waals surface area contributed by atoms with E-state index in [-0.39, 0.29) is 23.8 Å². The number of nitro groups is 1. The number of methoxy groups -OCH3 is 1. The van der Waals surface area contributed by atoms with Crippen molar-refractivity contribution in [3.8, 4) is 11.5 Å². The summed E-state index contributed by atoms with van der Waals surface area (Å²) in [5.41, 5.74) is -1.10. The Morgan fingerprint density at radius 3 is 2.45 bits per heavy atom. The first kappa shape index (κ1) is 21.5. The van der Waals surface area contributed by atoms with Gasteiger partial charge in [0, 0.05) is 17.8 Å². The van der Waals surface area contributed by atoms with Crippen molar-refractivity contribution in [2.75, 3.05) is 25.6 Å². The van der Waals surface area contributed by atoms with Crippen LogP contribution in [0.2, 0.25) is 0 Å². The Labute approximate surface area is 163 Å². The van der Waals surface area contributed by atoms with Crippen LogP contribution in [0.5, 0.6) is 11.5 Å². The summed E-state index contributed by atoms with van der Waals surface area (Å²) in [6.45, 7) is 1.06. The van der Waals surface area contributed by atoms with Gasteiger partial charge in [0.05, 0.1) is 24.7 Å². The van der Waals surface area contributed by atoms with Crippen molar-refractivity contribution in [2.45, 2.75) is 6.92 Å². The van der Waals surface area contributed by atoms with E-state index in [0.717, 1.165) is 30.3 Å². The number of carbonyl (C=O) groups excluding carboxylic acids is 2. The molecule has 0 unspecified atom stereocenters. The fourth-order valence-corrected chi connectivity index (χ4v) is 2.27. The maximum absolute atomic E-state index is 13.1. The van der Waals surface area contributed by atoms with Crippen LogP contribution in [0.15, 0.2) is 30.3 Å². The summed E-state index contributed by atoms with van der Waals surface area (Å²) in [7, 11) is 1.28. The van der Waals surface area contributed by atoms with Crippen LogP contribution in [-0.2, 0) is 9.53 Å². The number of nitro benzene ring substituents is 1. The molecule has 154 valence electrons. The summed E-state index contributed by atoms with van der Waals surface area (Å²) >= 11 is 0. The van der Waals surface area contributed by atoms with E-state index in [1.165, 1.54) is 7.11 Å². The number of esters is 1. The molecule has 0 aliphatic carbocycles. The summed E-state index contributed by atoms with van der Waals surface area (Å²) in [6, 6.07) is 4.75. The number of halogens is 2. The van der Waals surface area contributed by atoms with Crippen LogP contribution >= 0.6 is 0 Å². The summed E-state index contributed by atoms with van der Waals surface area (Å²) in [4.78, 5) is 34.6. The molecule has 0 radical (unpaired) electrons. The number of nitrogens with one attached hydrogen (secondary N) is 1. The smallest absolute Gasteiger partial charge is 0.345 e. The Kier molecular flexibility index (Phi) is 7.01. The summed E-state index contributed by atoms with van der Waals surface area (Å²) < 4.78 is 41.1. The van der Waals surface area contributed by atoms with Crippen LogP contribution in [-0.4, -0.2) is 37.1 Å². The van der Waals surface area contributed by atoms with Crippen molar-refractivity contribution in [3.63, 3.8) is 0 Å². The molecule has 0 spiro atoms. The molecule has 0 heterocycles. The average molecular weight is 410 g/mol. The topological polar surface area (TPSA) is 117 Å². The molecule has 2 rings (SSSR count). The molecule has 9 nitrogen and oxygen atoms in total. The molecule has 0 fully saturated rings. The molecule has 0 aliphatic rings. The number of amides is 1. The zero-order valence-electron chi connectivity index (χ0n) is 15.4. The number of rotatable bonds is 8. The largest absolute Gasteiger partial charge is 0.493 e. The van der Waals surface area contributed by atoms with Gasteiger partial charge in [-0.15, -0.1) is 0 Å². The van der Waals surface area contributed by atoms with Crippen LogP contribution < -0.4 is 14.8 Å². The maximum Gasteiger partial charge on any atom is 0.345 e. The highest BCUT2D eigenvalue weighted by Crippen LogP contribution is 2.35. The average Bonchev–Trinajstić information content (AvgIpc) is 2.68. The zero-order chi connectivity index (χ0) is 21.6. The number of carbonyl (C=O) groups is 2. The van der Waals surface area contributed by atoms with Gasteiger partial charge in [0.15, 0.2) is 29.7 Å². The highest BCUT2D eigenvalue weighted by atomic mass is 19.2. The highest BCUT2D eigenvalue weighted by Gasteiger charge is 2.26. The first-order valence-corrected chi connectivity index (χ1v) is 8.18. The summed E-state index contributed by atoms with van der Waals surface area (Å²) in [6.07, 6.45) is 0. The van der Waals surface area contributed by atoms with E-state index in [1.54, 1.807) is 6.92 Å². The number of hydrogen-bond donors (Lipinski definition) is 1. The fourth-order valence-electron chi connectivity index (χ4n) is 2.27. The maximum atomic E-state index is 13.1. The lowest BCUT2D eigenvalue weighted by Crippen LogP contribution is -2.21. The second kappa shape index (κ2) is 9.44. The van der Waals surface area contributed by atoms with Gasteiger partial charge in [-0.3, -0.25) is 14.9 Å². The van der Waals surface area contributed by atoms with Crippen LogP contribution in [0.3, 0.4) is 0 Å². The van der Waals surface area contributed by atoms with E-state index in [9.17, 15) is 28.5 Å². The second-order valence-electron chi connectivity index (χ2n) is 5.46. The fraction of sp³-hybridized carbons (Fsp3) is 0.222. The lowest BCUT2D eigenvalue weighted by molar-refractivity contribution is -0.385. The van der Waals surface area contributed by atoms with E-state index in [4.69, 9.17) is 14.2 Å². The second-order valence-corrected chi connectivity index (χ2v) is 5.46. The Bertz CT molecular complexity index is 950. The molecular weight excluding hydrogens is 394 g/mol.